The number of carboxylic acids is 1. The quantitative estimate of drug-likeness (QED) is 0.914. The maximum absolute atomic E-state index is 12.8. The summed E-state index contributed by atoms with van der Waals surface area (Å²) in [5, 5.41) is 9.03. The van der Waals surface area contributed by atoms with Crippen LogP contribution in [0.5, 0.6) is 0 Å². The fourth-order valence-corrected chi connectivity index (χ4v) is 3.39. The first-order chi connectivity index (χ1) is 11.5. The Hall–Kier alpha value is -1.92. The summed E-state index contributed by atoms with van der Waals surface area (Å²) in [7, 11) is 0. The largest absolute Gasteiger partial charge is 0.479 e. The van der Waals surface area contributed by atoms with E-state index < -0.39 is 18.2 Å². The molecule has 0 spiro atoms. The van der Waals surface area contributed by atoms with Gasteiger partial charge in [0.25, 0.3) is 5.91 Å². The summed E-state index contributed by atoms with van der Waals surface area (Å²) in [4.78, 5) is 25.6. The van der Waals surface area contributed by atoms with Crippen LogP contribution in [0.3, 0.4) is 0 Å². The molecular formula is C18H23NO5. The summed E-state index contributed by atoms with van der Waals surface area (Å²) < 4.78 is 11.3. The molecule has 0 aromatic heterocycles. The molecule has 1 aromatic rings. The number of carboxylic acid groups (broad SMARTS) is 1. The number of nitrogens with zero attached hydrogens (tertiary/aromatic N) is 1. The lowest BCUT2D eigenvalue weighted by Gasteiger charge is -2.39. The van der Waals surface area contributed by atoms with Crippen molar-refractivity contribution in [3.8, 4) is 0 Å². The Labute approximate surface area is 141 Å². The molecule has 2 aliphatic rings. The van der Waals surface area contributed by atoms with Crippen LogP contribution in [-0.4, -0.2) is 53.3 Å². The van der Waals surface area contributed by atoms with E-state index in [-0.39, 0.29) is 18.1 Å². The minimum atomic E-state index is -1.00. The molecular weight excluding hydrogens is 310 g/mol. The third-order valence-corrected chi connectivity index (χ3v) is 4.82. The lowest BCUT2D eigenvalue weighted by molar-refractivity contribution is -0.161. The molecule has 6 nitrogen and oxygen atoms in total. The first kappa shape index (κ1) is 16.9. The van der Waals surface area contributed by atoms with E-state index in [0.717, 1.165) is 11.1 Å². The first-order valence-electron chi connectivity index (χ1n) is 8.33. The highest BCUT2D eigenvalue weighted by molar-refractivity contribution is 5.83. The zero-order chi connectivity index (χ0) is 17.3. The molecule has 2 heterocycles. The van der Waals surface area contributed by atoms with Crippen LogP contribution in [0.1, 0.15) is 37.0 Å². The molecule has 3 rings (SSSR count). The van der Waals surface area contributed by atoms with Crippen LogP contribution in [-0.2, 0) is 19.1 Å². The Kier molecular flexibility index (Phi) is 4.87. The van der Waals surface area contributed by atoms with E-state index >= 15 is 0 Å². The van der Waals surface area contributed by atoms with Crippen molar-refractivity contribution in [1.29, 1.82) is 0 Å². The highest BCUT2D eigenvalue weighted by Crippen LogP contribution is 2.29. The van der Waals surface area contributed by atoms with Gasteiger partial charge in [-0.25, -0.2) is 4.79 Å². The Bertz CT molecular complexity index is 632. The topological polar surface area (TPSA) is 76.1 Å². The van der Waals surface area contributed by atoms with Gasteiger partial charge in [0, 0.05) is 0 Å². The highest BCUT2D eigenvalue weighted by atomic mass is 16.5. The number of benzene rings is 1. The van der Waals surface area contributed by atoms with Crippen molar-refractivity contribution in [3.05, 3.63) is 35.4 Å². The zero-order valence-corrected chi connectivity index (χ0v) is 14.0. The number of morpholine rings is 1. The normalized spacial score (nSPS) is 30.3. The second-order valence-electron chi connectivity index (χ2n) is 6.55. The van der Waals surface area contributed by atoms with Gasteiger partial charge in [0.1, 0.15) is 12.2 Å². The van der Waals surface area contributed by atoms with Crippen LogP contribution in [0.2, 0.25) is 0 Å². The Morgan fingerprint density at radius 1 is 1.21 bits per heavy atom. The Morgan fingerprint density at radius 2 is 1.92 bits per heavy atom. The number of amides is 1. The molecule has 2 fully saturated rings. The fourth-order valence-electron chi connectivity index (χ4n) is 3.39. The van der Waals surface area contributed by atoms with Crippen LogP contribution in [0.25, 0.3) is 0 Å². The summed E-state index contributed by atoms with van der Waals surface area (Å²) in [5.74, 6) is -1.13. The molecule has 0 saturated carbocycles. The Balaban J connectivity index is 1.71. The summed E-state index contributed by atoms with van der Waals surface area (Å²) in [6.45, 7) is 4.89. The van der Waals surface area contributed by atoms with E-state index in [4.69, 9.17) is 14.6 Å². The molecule has 0 radical (unpaired) electrons. The van der Waals surface area contributed by atoms with Crippen molar-refractivity contribution in [2.75, 3.05) is 13.2 Å². The standard InChI is InChI=1S/C18H23NO5/c1-11-5-3-4-6-13(11)16-9-19(12(2)10-23-16)17(20)14-7-8-15(24-14)18(21)22/h3-6,12,14-16H,7-10H2,1-2H3,(H,21,22)/t12?,14-,15+,16?/m0/s1. The number of hydrogen-bond acceptors (Lipinski definition) is 4. The van der Waals surface area contributed by atoms with E-state index in [9.17, 15) is 9.59 Å². The van der Waals surface area contributed by atoms with Gasteiger partial charge in [-0.15, -0.1) is 0 Å². The fraction of sp³-hybridized carbons (Fsp3) is 0.556. The molecule has 2 unspecified atom stereocenters. The summed E-state index contributed by atoms with van der Waals surface area (Å²) >= 11 is 0. The van der Waals surface area contributed by atoms with Crippen molar-refractivity contribution >= 4 is 11.9 Å². The van der Waals surface area contributed by atoms with Crippen molar-refractivity contribution in [3.63, 3.8) is 0 Å². The molecule has 2 saturated heterocycles. The van der Waals surface area contributed by atoms with E-state index in [1.807, 2.05) is 38.1 Å². The maximum atomic E-state index is 12.8. The van der Waals surface area contributed by atoms with E-state index in [2.05, 4.69) is 0 Å². The number of ether oxygens (including phenoxy) is 2. The number of carbonyl (C=O) groups excluding carboxylic acids is 1. The van der Waals surface area contributed by atoms with Gasteiger partial charge in [-0.2, -0.15) is 0 Å². The predicted octanol–water partition coefficient (Wildman–Crippen LogP) is 1.92. The van der Waals surface area contributed by atoms with Gasteiger partial charge in [0.15, 0.2) is 6.10 Å². The van der Waals surface area contributed by atoms with Crippen LogP contribution < -0.4 is 0 Å². The molecule has 24 heavy (non-hydrogen) atoms. The average molecular weight is 333 g/mol. The molecule has 1 amide bonds. The van der Waals surface area contributed by atoms with Gasteiger partial charge in [-0.05, 0) is 37.8 Å². The van der Waals surface area contributed by atoms with E-state index in [0.29, 0.717) is 26.0 Å². The van der Waals surface area contributed by atoms with Gasteiger partial charge in [-0.1, -0.05) is 24.3 Å². The smallest absolute Gasteiger partial charge is 0.332 e. The van der Waals surface area contributed by atoms with Gasteiger partial charge < -0.3 is 19.5 Å². The van der Waals surface area contributed by atoms with Crippen molar-refractivity contribution in [2.24, 2.45) is 0 Å². The predicted molar refractivity (Wildman–Crippen MR) is 86.6 cm³/mol. The number of aliphatic carboxylic acids is 1. The number of hydrogen-bond donors (Lipinski definition) is 1. The summed E-state index contributed by atoms with van der Waals surface area (Å²) in [6.07, 6.45) is -0.865. The molecule has 1 aromatic carbocycles. The SMILES string of the molecule is Cc1ccccc1C1CN(C(=O)[C@@H]2CC[C@H](C(=O)O)O2)C(C)CO1. The minimum Gasteiger partial charge on any atom is -0.479 e. The second kappa shape index (κ2) is 6.91. The lowest BCUT2D eigenvalue weighted by atomic mass is 10.0. The molecule has 130 valence electrons. The third-order valence-electron chi connectivity index (χ3n) is 4.82. The molecule has 1 N–H and O–H groups in total. The van der Waals surface area contributed by atoms with Crippen molar-refractivity contribution < 1.29 is 24.2 Å². The lowest BCUT2D eigenvalue weighted by Crippen LogP contribution is -2.51. The third kappa shape index (κ3) is 3.30. The molecule has 4 atom stereocenters. The average Bonchev–Trinajstić information content (AvgIpc) is 3.06. The second-order valence-corrected chi connectivity index (χ2v) is 6.55. The monoisotopic (exact) mass is 333 g/mol. The minimum absolute atomic E-state index is 0.0507. The summed E-state index contributed by atoms with van der Waals surface area (Å²) in [6, 6.07) is 7.94. The van der Waals surface area contributed by atoms with Crippen LogP contribution in [0, 0.1) is 6.92 Å². The van der Waals surface area contributed by atoms with Gasteiger partial charge in [-0.3, -0.25) is 4.79 Å². The van der Waals surface area contributed by atoms with Crippen LogP contribution in [0.15, 0.2) is 24.3 Å². The molecule has 0 aliphatic carbocycles. The van der Waals surface area contributed by atoms with Gasteiger partial charge in [0.2, 0.25) is 0 Å². The maximum Gasteiger partial charge on any atom is 0.332 e. The van der Waals surface area contributed by atoms with Gasteiger partial charge >= 0.3 is 5.97 Å². The van der Waals surface area contributed by atoms with Crippen molar-refractivity contribution in [1.82, 2.24) is 4.90 Å². The number of rotatable bonds is 3. The first-order valence-corrected chi connectivity index (χ1v) is 8.33. The highest BCUT2D eigenvalue weighted by Gasteiger charge is 2.40. The van der Waals surface area contributed by atoms with E-state index in [1.165, 1.54) is 0 Å². The molecule has 6 heteroatoms. The molecule has 0 bridgehead atoms. The van der Waals surface area contributed by atoms with Crippen LogP contribution in [0.4, 0.5) is 0 Å². The Morgan fingerprint density at radius 3 is 2.58 bits per heavy atom. The van der Waals surface area contributed by atoms with Crippen molar-refractivity contribution in [2.45, 2.75) is 51.0 Å². The van der Waals surface area contributed by atoms with Gasteiger partial charge in [0.05, 0.1) is 19.2 Å². The summed E-state index contributed by atoms with van der Waals surface area (Å²) in [5.41, 5.74) is 2.21. The van der Waals surface area contributed by atoms with Crippen LogP contribution >= 0.6 is 0 Å². The number of carbonyl (C=O) groups is 2. The number of aryl methyl sites for hydroxylation is 1. The molecule has 2 aliphatic heterocycles. The zero-order valence-electron chi connectivity index (χ0n) is 14.0. The van der Waals surface area contributed by atoms with E-state index in [1.54, 1.807) is 4.90 Å².